The molecule has 0 saturated carbocycles. The fourth-order valence-electron chi connectivity index (χ4n) is 0.702. The zero-order valence-electron chi connectivity index (χ0n) is 6.84. The molecule has 0 aliphatic heterocycles. The first-order chi connectivity index (χ1) is 5.26. The summed E-state index contributed by atoms with van der Waals surface area (Å²) in [6.07, 6.45) is 5.48. The van der Waals surface area contributed by atoms with E-state index in [1.165, 1.54) is 0 Å². The van der Waals surface area contributed by atoms with Crippen molar-refractivity contribution in [2.24, 2.45) is 0 Å². The Morgan fingerprint density at radius 2 is 2.27 bits per heavy atom. The fourth-order valence-corrected chi connectivity index (χ4v) is 0.885. The Hall–Kier alpha value is -0.500. The van der Waals surface area contributed by atoms with Crippen LogP contribution in [0.3, 0.4) is 0 Å². The number of carbonyl (C=O) groups excluding carboxylic acids is 1. The molecule has 2 heteroatoms. The smallest absolute Gasteiger partial charge is 0.172 e. The van der Waals surface area contributed by atoms with Crippen molar-refractivity contribution < 1.29 is 4.79 Å². The standard InChI is InChI=1S/C9H14OS/c1-3-5-6-8(4-2)9(10)7-11/h4,6,11H,2-3,5,7H2,1H3/b8-6+. The van der Waals surface area contributed by atoms with E-state index >= 15 is 0 Å². The van der Waals surface area contributed by atoms with Crippen LogP contribution in [-0.2, 0) is 4.79 Å². The molecule has 0 amide bonds. The van der Waals surface area contributed by atoms with Gasteiger partial charge in [0, 0.05) is 5.57 Å². The Kier molecular flexibility index (Phi) is 5.94. The summed E-state index contributed by atoms with van der Waals surface area (Å²) in [5.41, 5.74) is 0.696. The summed E-state index contributed by atoms with van der Waals surface area (Å²) < 4.78 is 0. The minimum atomic E-state index is 0.0526. The molecule has 0 saturated heterocycles. The van der Waals surface area contributed by atoms with E-state index < -0.39 is 0 Å². The molecule has 0 unspecified atom stereocenters. The average molecular weight is 170 g/mol. The molecule has 0 bridgehead atoms. The van der Waals surface area contributed by atoms with Gasteiger partial charge in [-0.2, -0.15) is 12.6 Å². The maximum absolute atomic E-state index is 11.0. The maximum Gasteiger partial charge on any atom is 0.172 e. The lowest BCUT2D eigenvalue weighted by Gasteiger charge is -1.96. The number of rotatable bonds is 5. The Morgan fingerprint density at radius 3 is 2.64 bits per heavy atom. The normalized spacial score (nSPS) is 11.3. The van der Waals surface area contributed by atoms with Crippen LogP contribution in [0.2, 0.25) is 0 Å². The van der Waals surface area contributed by atoms with Crippen LogP contribution in [0.15, 0.2) is 24.3 Å². The Morgan fingerprint density at radius 1 is 1.64 bits per heavy atom. The van der Waals surface area contributed by atoms with Gasteiger partial charge in [-0.3, -0.25) is 4.79 Å². The van der Waals surface area contributed by atoms with Crippen molar-refractivity contribution in [3.05, 3.63) is 24.3 Å². The highest BCUT2D eigenvalue weighted by Gasteiger charge is 2.00. The van der Waals surface area contributed by atoms with E-state index in [2.05, 4.69) is 26.1 Å². The van der Waals surface area contributed by atoms with Crippen molar-refractivity contribution >= 4 is 18.4 Å². The third-order valence-corrected chi connectivity index (χ3v) is 1.63. The number of unbranched alkanes of at least 4 members (excludes halogenated alkanes) is 1. The number of Topliss-reactive ketones (excluding diaryl/α,β-unsaturated/α-hetero) is 1. The Labute approximate surface area is 73.6 Å². The van der Waals surface area contributed by atoms with E-state index in [0.29, 0.717) is 5.57 Å². The molecule has 0 N–H and O–H groups in total. The third kappa shape index (κ3) is 4.04. The van der Waals surface area contributed by atoms with E-state index in [4.69, 9.17) is 0 Å². The van der Waals surface area contributed by atoms with Crippen LogP contribution < -0.4 is 0 Å². The van der Waals surface area contributed by atoms with Crippen LogP contribution in [0.25, 0.3) is 0 Å². The second-order valence-corrected chi connectivity index (χ2v) is 2.55. The highest BCUT2D eigenvalue weighted by molar-refractivity contribution is 7.81. The summed E-state index contributed by atoms with van der Waals surface area (Å²) in [6, 6.07) is 0. The van der Waals surface area contributed by atoms with E-state index in [1.54, 1.807) is 6.08 Å². The summed E-state index contributed by atoms with van der Waals surface area (Å²) in [7, 11) is 0. The van der Waals surface area contributed by atoms with Crippen molar-refractivity contribution in [1.82, 2.24) is 0 Å². The number of ketones is 1. The second-order valence-electron chi connectivity index (χ2n) is 2.23. The van der Waals surface area contributed by atoms with Crippen molar-refractivity contribution in [2.75, 3.05) is 5.75 Å². The molecule has 62 valence electrons. The van der Waals surface area contributed by atoms with Crippen LogP contribution in [0.4, 0.5) is 0 Å². The summed E-state index contributed by atoms with van der Waals surface area (Å²) in [5, 5.41) is 0. The molecule has 0 heterocycles. The van der Waals surface area contributed by atoms with Crippen molar-refractivity contribution in [3.63, 3.8) is 0 Å². The molecule has 0 aromatic heterocycles. The molecule has 0 radical (unpaired) electrons. The van der Waals surface area contributed by atoms with Crippen molar-refractivity contribution in [3.8, 4) is 0 Å². The Balaban J connectivity index is 4.14. The first kappa shape index (κ1) is 10.5. The predicted molar refractivity (Wildman–Crippen MR) is 52.0 cm³/mol. The molecule has 11 heavy (non-hydrogen) atoms. The summed E-state index contributed by atoms with van der Waals surface area (Å²) in [6.45, 7) is 5.63. The minimum absolute atomic E-state index is 0.0526. The molecule has 0 aliphatic rings. The molecule has 0 spiro atoms. The molecule has 0 aromatic carbocycles. The van der Waals surface area contributed by atoms with E-state index in [1.807, 2.05) is 6.08 Å². The molecule has 0 aliphatic carbocycles. The van der Waals surface area contributed by atoms with Gasteiger partial charge in [-0.25, -0.2) is 0 Å². The summed E-state index contributed by atoms with van der Waals surface area (Å²) in [5.74, 6) is 0.318. The van der Waals surface area contributed by atoms with Gasteiger partial charge in [-0.1, -0.05) is 32.1 Å². The second kappa shape index (κ2) is 6.23. The van der Waals surface area contributed by atoms with E-state index in [-0.39, 0.29) is 11.5 Å². The predicted octanol–water partition coefficient (Wildman–Crippen LogP) is 2.40. The summed E-state index contributed by atoms with van der Waals surface area (Å²) >= 11 is 3.89. The molecule has 0 aromatic rings. The number of thiol groups is 1. The first-order valence-electron chi connectivity index (χ1n) is 3.72. The number of allylic oxidation sites excluding steroid dienone is 3. The number of hydrogen-bond donors (Lipinski definition) is 1. The molecule has 0 fully saturated rings. The van der Waals surface area contributed by atoms with Crippen molar-refractivity contribution in [1.29, 1.82) is 0 Å². The third-order valence-electron chi connectivity index (χ3n) is 1.34. The quantitative estimate of drug-likeness (QED) is 0.381. The van der Waals surface area contributed by atoms with Gasteiger partial charge in [0.05, 0.1) is 5.75 Å². The zero-order valence-corrected chi connectivity index (χ0v) is 7.73. The van der Waals surface area contributed by atoms with Gasteiger partial charge >= 0.3 is 0 Å². The lowest BCUT2D eigenvalue weighted by Crippen LogP contribution is -2.01. The highest BCUT2D eigenvalue weighted by Crippen LogP contribution is 2.02. The van der Waals surface area contributed by atoms with E-state index in [9.17, 15) is 4.79 Å². The SMILES string of the molecule is C=C/C(=C\CCC)C(=O)CS. The van der Waals surface area contributed by atoms with Crippen LogP contribution in [0.1, 0.15) is 19.8 Å². The largest absolute Gasteiger partial charge is 0.293 e. The van der Waals surface area contributed by atoms with Gasteiger partial charge in [-0.15, -0.1) is 0 Å². The van der Waals surface area contributed by atoms with Gasteiger partial charge in [-0.05, 0) is 6.42 Å². The average Bonchev–Trinajstić information content (AvgIpc) is 2.05. The number of hydrogen-bond acceptors (Lipinski definition) is 2. The lowest BCUT2D eigenvalue weighted by molar-refractivity contribution is -0.112. The summed E-state index contributed by atoms with van der Waals surface area (Å²) in [4.78, 5) is 11.0. The van der Waals surface area contributed by atoms with E-state index in [0.717, 1.165) is 12.8 Å². The number of carbonyl (C=O) groups is 1. The molecular formula is C9H14OS. The van der Waals surface area contributed by atoms with Gasteiger partial charge in [0.1, 0.15) is 0 Å². The Bertz CT molecular complexity index is 170. The first-order valence-corrected chi connectivity index (χ1v) is 4.36. The molecule has 0 atom stereocenters. The van der Waals surface area contributed by atoms with Crippen LogP contribution in [0, 0.1) is 0 Å². The monoisotopic (exact) mass is 170 g/mol. The minimum Gasteiger partial charge on any atom is -0.293 e. The van der Waals surface area contributed by atoms with Gasteiger partial charge in [0.25, 0.3) is 0 Å². The van der Waals surface area contributed by atoms with Crippen molar-refractivity contribution in [2.45, 2.75) is 19.8 Å². The lowest BCUT2D eigenvalue weighted by atomic mass is 10.1. The van der Waals surface area contributed by atoms with Gasteiger partial charge in [0.15, 0.2) is 5.78 Å². The highest BCUT2D eigenvalue weighted by atomic mass is 32.1. The molecule has 0 rings (SSSR count). The van der Waals surface area contributed by atoms with Gasteiger partial charge in [0.2, 0.25) is 0 Å². The maximum atomic E-state index is 11.0. The van der Waals surface area contributed by atoms with Crippen LogP contribution in [-0.4, -0.2) is 11.5 Å². The van der Waals surface area contributed by atoms with Crippen LogP contribution in [0.5, 0.6) is 0 Å². The van der Waals surface area contributed by atoms with Crippen LogP contribution >= 0.6 is 12.6 Å². The topological polar surface area (TPSA) is 17.1 Å². The van der Waals surface area contributed by atoms with Gasteiger partial charge < -0.3 is 0 Å². The molecular weight excluding hydrogens is 156 g/mol. The zero-order chi connectivity index (χ0) is 8.69. The fraction of sp³-hybridized carbons (Fsp3) is 0.444. The molecule has 1 nitrogen and oxygen atoms in total.